The second kappa shape index (κ2) is 11.3. The molecular formula is C26H29NO6. The number of benzene rings is 2. The average Bonchev–Trinajstić information content (AvgIpc) is 2.80. The highest BCUT2D eigenvalue weighted by Gasteiger charge is 2.24. The van der Waals surface area contributed by atoms with E-state index >= 15 is 0 Å². The molecule has 1 N–H and O–H groups in total. The maximum Gasteiger partial charge on any atom is 0.408 e. The summed E-state index contributed by atoms with van der Waals surface area (Å²) in [7, 11) is 0. The number of fused-ring (bicyclic) bond motifs is 1. The molecule has 0 spiro atoms. The molecule has 174 valence electrons. The number of hydrogen-bond acceptors (Lipinski definition) is 6. The molecule has 0 bridgehead atoms. The lowest BCUT2D eigenvalue weighted by Crippen LogP contribution is -2.43. The molecule has 7 heteroatoms. The number of aryl methyl sites for hydroxylation is 2. The fourth-order valence-corrected chi connectivity index (χ4v) is 3.62. The monoisotopic (exact) mass is 451 g/mol. The summed E-state index contributed by atoms with van der Waals surface area (Å²) >= 11 is 0. The predicted octanol–water partition coefficient (Wildman–Crippen LogP) is 5.05. The molecule has 0 aliphatic carbocycles. The molecule has 2 aromatic carbocycles. The quantitative estimate of drug-likeness (QED) is 0.278. The maximum absolute atomic E-state index is 12.9. The van der Waals surface area contributed by atoms with E-state index in [9.17, 15) is 14.4 Å². The average molecular weight is 452 g/mol. The first-order valence-corrected chi connectivity index (χ1v) is 11.2. The normalized spacial score (nSPS) is 11.7. The second-order valence-electron chi connectivity index (χ2n) is 7.87. The van der Waals surface area contributed by atoms with Gasteiger partial charge in [0.15, 0.2) is 0 Å². The van der Waals surface area contributed by atoms with E-state index < -0.39 is 23.7 Å². The smallest absolute Gasteiger partial charge is 0.408 e. The molecule has 0 fully saturated rings. The van der Waals surface area contributed by atoms with E-state index in [1.165, 1.54) is 6.07 Å². The molecule has 0 aliphatic rings. The zero-order valence-corrected chi connectivity index (χ0v) is 19.2. The molecule has 0 radical (unpaired) electrons. The number of alkyl carbamates (subject to hydrolysis) is 1. The number of amides is 1. The van der Waals surface area contributed by atoms with Crippen LogP contribution in [-0.2, 0) is 22.6 Å². The third kappa shape index (κ3) is 6.22. The second-order valence-corrected chi connectivity index (χ2v) is 7.87. The minimum Gasteiger partial charge on any atom is -0.445 e. The van der Waals surface area contributed by atoms with Gasteiger partial charge in [-0.1, -0.05) is 57.0 Å². The Kier molecular flexibility index (Phi) is 8.24. The van der Waals surface area contributed by atoms with Gasteiger partial charge in [-0.2, -0.15) is 0 Å². The van der Waals surface area contributed by atoms with E-state index in [0.29, 0.717) is 24.0 Å². The van der Waals surface area contributed by atoms with Crippen molar-refractivity contribution < 1.29 is 23.5 Å². The fraction of sp³-hybridized carbons (Fsp3) is 0.346. The molecule has 0 aliphatic heterocycles. The SMILES string of the molecule is CCCc1cc(=O)oc2c(C)c(OC(=O)[C@@H](CCC)NC(=O)OCc3ccccc3)ccc12. The van der Waals surface area contributed by atoms with Gasteiger partial charge in [-0.25, -0.2) is 14.4 Å². The Labute approximate surface area is 192 Å². The summed E-state index contributed by atoms with van der Waals surface area (Å²) < 4.78 is 16.2. The molecule has 3 aromatic rings. The van der Waals surface area contributed by atoms with Crippen molar-refractivity contribution in [1.82, 2.24) is 5.32 Å². The lowest BCUT2D eigenvalue weighted by molar-refractivity contribution is -0.136. The van der Waals surface area contributed by atoms with E-state index in [1.54, 1.807) is 19.1 Å². The molecule has 1 atom stereocenters. The summed E-state index contributed by atoms with van der Waals surface area (Å²) in [6.07, 6.45) is 1.99. The van der Waals surface area contributed by atoms with Gasteiger partial charge < -0.3 is 19.2 Å². The third-order valence-corrected chi connectivity index (χ3v) is 5.29. The fourth-order valence-electron chi connectivity index (χ4n) is 3.62. The van der Waals surface area contributed by atoms with Gasteiger partial charge >= 0.3 is 17.7 Å². The number of rotatable bonds is 9. The van der Waals surface area contributed by atoms with Crippen LogP contribution in [0.5, 0.6) is 5.75 Å². The van der Waals surface area contributed by atoms with Crippen molar-refractivity contribution in [3.63, 3.8) is 0 Å². The van der Waals surface area contributed by atoms with Crippen LogP contribution >= 0.6 is 0 Å². The minimum absolute atomic E-state index is 0.101. The number of nitrogens with one attached hydrogen (secondary N) is 1. The molecule has 1 aromatic heterocycles. The molecule has 1 heterocycles. The summed E-state index contributed by atoms with van der Waals surface area (Å²) in [4.78, 5) is 37.1. The standard InChI is InChI=1S/C26H29NO6/c1-4-9-19-15-23(28)33-24-17(3)22(14-13-20(19)24)32-25(29)21(10-5-2)27-26(30)31-16-18-11-7-6-8-12-18/h6-8,11-15,21H,4-5,9-10,16H2,1-3H3,(H,27,30)/t21-/m1/s1. The van der Waals surface area contributed by atoms with Crippen LogP contribution in [0.2, 0.25) is 0 Å². The van der Waals surface area contributed by atoms with Gasteiger partial charge in [-0.05, 0) is 43.0 Å². The summed E-state index contributed by atoms with van der Waals surface area (Å²) in [6.45, 7) is 5.78. The van der Waals surface area contributed by atoms with Crippen molar-refractivity contribution in [2.24, 2.45) is 0 Å². The van der Waals surface area contributed by atoms with Crippen LogP contribution < -0.4 is 15.7 Å². The zero-order valence-electron chi connectivity index (χ0n) is 19.2. The Morgan fingerprint density at radius 3 is 2.52 bits per heavy atom. The van der Waals surface area contributed by atoms with Crippen molar-refractivity contribution in [2.45, 2.75) is 59.1 Å². The van der Waals surface area contributed by atoms with Crippen molar-refractivity contribution in [2.75, 3.05) is 0 Å². The maximum atomic E-state index is 12.9. The van der Waals surface area contributed by atoms with Crippen molar-refractivity contribution >= 4 is 23.0 Å². The zero-order chi connectivity index (χ0) is 23.8. The summed E-state index contributed by atoms with van der Waals surface area (Å²) in [5.74, 6) is -0.326. The molecule has 0 saturated carbocycles. The Morgan fingerprint density at radius 1 is 1.06 bits per heavy atom. The first-order valence-electron chi connectivity index (χ1n) is 11.2. The molecule has 7 nitrogen and oxygen atoms in total. The first kappa shape index (κ1) is 24.0. The predicted molar refractivity (Wildman–Crippen MR) is 125 cm³/mol. The lowest BCUT2D eigenvalue weighted by Gasteiger charge is -2.18. The van der Waals surface area contributed by atoms with Gasteiger partial charge in [0.05, 0.1) is 0 Å². The van der Waals surface area contributed by atoms with Crippen molar-refractivity contribution in [1.29, 1.82) is 0 Å². The lowest BCUT2D eigenvalue weighted by atomic mass is 10.0. The van der Waals surface area contributed by atoms with Crippen molar-refractivity contribution in [3.8, 4) is 5.75 Å². The van der Waals surface area contributed by atoms with Crippen molar-refractivity contribution in [3.05, 3.63) is 75.6 Å². The number of ether oxygens (including phenoxy) is 2. The molecule has 0 saturated heterocycles. The van der Waals surface area contributed by atoms with Gasteiger partial charge in [0.2, 0.25) is 0 Å². The van der Waals surface area contributed by atoms with Gasteiger partial charge in [-0.3, -0.25) is 0 Å². The Bertz CT molecular complexity index is 1170. The van der Waals surface area contributed by atoms with E-state index in [1.807, 2.05) is 44.2 Å². The van der Waals surface area contributed by atoms with E-state index in [2.05, 4.69) is 5.32 Å². The van der Waals surface area contributed by atoms with E-state index in [-0.39, 0.29) is 12.4 Å². The Balaban J connectivity index is 1.73. The van der Waals surface area contributed by atoms with E-state index in [4.69, 9.17) is 13.9 Å². The molecule has 1 amide bonds. The van der Waals surface area contributed by atoms with Crippen LogP contribution in [0.1, 0.15) is 49.8 Å². The summed E-state index contributed by atoms with van der Waals surface area (Å²) in [5, 5.41) is 3.41. The summed E-state index contributed by atoms with van der Waals surface area (Å²) in [6, 6.07) is 13.4. The topological polar surface area (TPSA) is 94.8 Å². The van der Waals surface area contributed by atoms with E-state index in [0.717, 1.165) is 29.4 Å². The molecule has 33 heavy (non-hydrogen) atoms. The highest BCUT2D eigenvalue weighted by molar-refractivity contribution is 5.87. The number of carbonyl (C=O) groups excluding carboxylic acids is 2. The number of esters is 1. The van der Waals surface area contributed by atoms with Crippen LogP contribution in [0.25, 0.3) is 11.0 Å². The van der Waals surface area contributed by atoms with Gasteiger partial charge in [-0.15, -0.1) is 0 Å². The highest BCUT2D eigenvalue weighted by Crippen LogP contribution is 2.29. The largest absolute Gasteiger partial charge is 0.445 e. The number of hydrogen-bond donors (Lipinski definition) is 1. The molecule has 0 unspecified atom stereocenters. The Morgan fingerprint density at radius 2 is 1.82 bits per heavy atom. The van der Waals surface area contributed by atoms with Gasteiger partial charge in [0, 0.05) is 17.0 Å². The van der Waals surface area contributed by atoms with Crippen LogP contribution in [-0.4, -0.2) is 18.1 Å². The van der Waals surface area contributed by atoms with Crippen LogP contribution in [0.15, 0.2) is 57.7 Å². The first-order chi connectivity index (χ1) is 15.9. The number of carbonyl (C=O) groups is 2. The Hall–Kier alpha value is -3.61. The van der Waals surface area contributed by atoms with Gasteiger partial charge in [0.1, 0.15) is 24.0 Å². The van der Waals surface area contributed by atoms with Gasteiger partial charge in [0.25, 0.3) is 0 Å². The van der Waals surface area contributed by atoms with Crippen LogP contribution in [0.3, 0.4) is 0 Å². The molecule has 3 rings (SSSR count). The third-order valence-electron chi connectivity index (χ3n) is 5.29. The minimum atomic E-state index is -0.869. The van der Waals surface area contributed by atoms with Crippen LogP contribution in [0.4, 0.5) is 4.79 Å². The molecular weight excluding hydrogens is 422 g/mol. The summed E-state index contributed by atoms with van der Waals surface area (Å²) in [5.41, 5.74) is 2.26. The van der Waals surface area contributed by atoms with Crippen LogP contribution in [0, 0.1) is 6.92 Å². The highest BCUT2D eigenvalue weighted by atomic mass is 16.6.